The van der Waals surface area contributed by atoms with Crippen molar-refractivity contribution in [2.75, 3.05) is 32.7 Å². The number of carboxylic acids is 1. The molecule has 20 heavy (non-hydrogen) atoms. The van der Waals surface area contributed by atoms with Crippen molar-refractivity contribution in [1.29, 1.82) is 0 Å². The minimum Gasteiger partial charge on any atom is -0.481 e. The van der Waals surface area contributed by atoms with Crippen LogP contribution in [0.3, 0.4) is 0 Å². The van der Waals surface area contributed by atoms with Gasteiger partial charge < -0.3 is 15.7 Å². The molecule has 1 amide bonds. The fraction of sp³-hybridized carbons (Fsp3) is 0.857. The van der Waals surface area contributed by atoms with Crippen LogP contribution in [0.2, 0.25) is 0 Å². The normalized spacial score (nSPS) is 22.9. The van der Waals surface area contributed by atoms with Crippen molar-refractivity contribution >= 4 is 11.9 Å². The summed E-state index contributed by atoms with van der Waals surface area (Å²) >= 11 is 0. The summed E-state index contributed by atoms with van der Waals surface area (Å²) in [5.41, 5.74) is 5.97. The van der Waals surface area contributed by atoms with Gasteiger partial charge in [-0.3, -0.25) is 14.5 Å². The quantitative estimate of drug-likeness (QED) is 0.756. The van der Waals surface area contributed by atoms with Crippen LogP contribution in [-0.4, -0.2) is 65.0 Å². The number of amides is 1. The van der Waals surface area contributed by atoms with Gasteiger partial charge in [-0.15, -0.1) is 0 Å². The van der Waals surface area contributed by atoms with Crippen molar-refractivity contribution in [2.45, 2.75) is 44.1 Å². The molecule has 0 spiro atoms. The third kappa shape index (κ3) is 4.18. The Kier molecular flexibility index (Phi) is 4.99. The topological polar surface area (TPSA) is 86.9 Å². The van der Waals surface area contributed by atoms with E-state index in [-0.39, 0.29) is 17.9 Å². The Morgan fingerprint density at radius 2 is 1.70 bits per heavy atom. The van der Waals surface area contributed by atoms with E-state index in [4.69, 9.17) is 10.8 Å². The lowest BCUT2D eigenvalue weighted by Gasteiger charge is -2.36. The number of rotatable bonds is 5. The molecule has 0 aromatic rings. The Hall–Kier alpha value is -1.14. The molecule has 6 nitrogen and oxygen atoms in total. The van der Waals surface area contributed by atoms with Crippen molar-refractivity contribution in [1.82, 2.24) is 9.80 Å². The molecule has 6 heteroatoms. The van der Waals surface area contributed by atoms with Crippen LogP contribution in [0.1, 0.15) is 38.5 Å². The summed E-state index contributed by atoms with van der Waals surface area (Å²) in [7, 11) is 0. The zero-order valence-electron chi connectivity index (χ0n) is 12.0. The Morgan fingerprint density at radius 1 is 1.10 bits per heavy atom. The number of nitrogens with two attached hydrogens (primary N) is 1. The molecule has 0 atom stereocenters. The van der Waals surface area contributed by atoms with Crippen molar-refractivity contribution in [2.24, 2.45) is 5.73 Å². The zero-order chi connectivity index (χ0) is 14.6. The van der Waals surface area contributed by atoms with Crippen LogP contribution in [0.5, 0.6) is 0 Å². The number of aliphatic carboxylic acids is 1. The summed E-state index contributed by atoms with van der Waals surface area (Å²) in [5, 5.41) is 8.67. The summed E-state index contributed by atoms with van der Waals surface area (Å²) in [6.45, 7) is 3.47. The molecule has 1 saturated carbocycles. The average Bonchev–Trinajstić information content (AvgIpc) is 2.83. The number of piperazine rings is 1. The van der Waals surface area contributed by atoms with Crippen LogP contribution in [0, 0.1) is 0 Å². The highest BCUT2D eigenvalue weighted by molar-refractivity contribution is 5.77. The van der Waals surface area contributed by atoms with Crippen LogP contribution in [0.15, 0.2) is 0 Å². The largest absolute Gasteiger partial charge is 0.481 e. The molecular formula is C14H25N3O3. The Bertz CT molecular complexity index is 359. The molecule has 114 valence electrons. The van der Waals surface area contributed by atoms with Gasteiger partial charge >= 0.3 is 5.97 Å². The maximum atomic E-state index is 12.3. The van der Waals surface area contributed by atoms with Crippen LogP contribution < -0.4 is 5.73 Å². The minimum absolute atomic E-state index is 0.160. The molecule has 1 aliphatic carbocycles. The van der Waals surface area contributed by atoms with Gasteiger partial charge in [0.05, 0.1) is 6.42 Å². The van der Waals surface area contributed by atoms with E-state index in [1.165, 1.54) is 0 Å². The predicted molar refractivity (Wildman–Crippen MR) is 75.3 cm³/mol. The van der Waals surface area contributed by atoms with Crippen LogP contribution in [-0.2, 0) is 9.59 Å². The van der Waals surface area contributed by atoms with Gasteiger partial charge in [0.25, 0.3) is 0 Å². The maximum absolute atomic E-state index is 12.3. The fourth-order valence-electron chi connectivity index (χ4n) is 3.14. The molecular weight excluding hydrogens is 258 g/mol. The highest BCUT2D eigenvalue weighted by Gasteiger charge is 2.34. The van der Waals surface area contributed by atoms with E-state index >= 15 is 0 Å². The first-order valence-electron chi connectivity index (χ1n) is 7.49. The fourth-order valence-corrected chi connectivity index (χ4v) is 3.14. The smallest absolute Gasteiger partial charge is 0.304 e. The molecule has 0 unspecified atom stereocenters. The third-order valence-corrected chi connectivity index (χ3v) is 4.47. The molecule has 0 aromatic carbocycles. The number of carbonyl (C=O) groups excluding carboxylic acids is 1. The molecule has 0 aromatic heterocycles. The Balaban J connectivity index is 1.73. The van der Waals surface area contributed by atoms with E-state index < -0.39 is 5.97 Å². The average molecular weight is 283 g/mol. The number of carboxylic acid groups (broad SMARTS) is 1. The summed E-state index contributed by atoms with van der Waals surface area (Å²) in [5.74, 6) is -0.609. The highest BCUT2D eigenvalue weighted by atomic mass is 16.4. The highest BCUT2D eigenvalue weighted by Crippen LogP contribution is 2.30. The lowest BCUT2D eigenvalue weighted by Crippen LogP contribution is -2.51. The number of carbonyl (C=O) groups is 2. The monoisotopic (exact) mass is 283 g/mol. The summed E-state index contributed by atoms with van der Waals surface area (Å²) in [6, 6.07) is 0. The second kappa shape index (κ2) is 6.54. The zero-order valence-corrected chi connectivity index (χ0v) is 12.0. The molecule has 0 bridgehead atoms. The molecule has 2 aliphatic rings. The van der Waals surface area contributed by atoms with Crippen LogP contribution >= 0.6 is 0 Å². The Labute approximate surface area is 119 Å². The maximum Gasteiger partial charge on any atom is 0.304 e. The van der Waals surface area contributed by atoms with Crippen molar-refractivity contribution in [3.05, 3.63) is 0 Å². The van der Waals surface area contributed by atoms with E-state index in [0.717, 1.165) is 38.8 Å². The number of hydrogen-bond acceptors (Lipinski definition) is 4. The molecule has 3 N–H and O–H groups in total. The van der Waals surface area contributed by atoms with E-state index in [1.807, 2.05) is 4.90 Å². The van der Waals surface area contributed by atoms with Gasteiger partial charge in [0.1, 0.15) is 0 Å². The van der Waals surface area contributed by atoms with Crippen molar-refractivity contribution in [3.8, 4) is 0 Å². The van der Waals surface area contributed by atoms with Crippen LogP contribution in [0.25, 0.3) is 0 Å². The SMILES string of the molecule is NC1(CC(=O)N2CCN(CCC(=O)O)CC2)CCCC1. The van der Waals surface area contributed by atoms with E-state index in [1.54, 1.807) is 0 Å². The Morgan fingerprint density at radius 3 is 2.25 bits per heavy atom. The van der Waals surface area contributed by atoms with Gasteiger partial charge in [-0.25, -0.2) is 0 Å². The van der Waals surface area contributed by atoms with Gasteiger partial charge in [0, 0.05) is 44.7 Å². The molecule has 2 fully saturated rings. The lowest BCUT2D eigenvalue weighted by molar-refractivity contribution is -0.138. The van der Waals surface area contributed by atoms with Gasteiger partial charge in [-0.2, -0.15) is 0 Å². The molecule has 1 aliphatic heterocycles. The lowest BCUT2D eigenvalue weighted by atomic mass is 9.94. The molecule has 2 rings (SSSR count). The van der Waals surface area contributed by atoms with Gasteiger partial charge in [0.2, 0.25) is 5.91 Å². The summed E-state index contributed by atoms with van der Waals surface area (Å²) in [4.78, 5) is 26.8. The number of nitrogens with zero attached hydrogens (tertiary/aromatic N) is 2. The van der Waals surface area contributed by atoms with E-state index in [2.05, 4.69) is 4.90 Å². The minimum atomic E-state index is -0.769. The van der Waals surface area contributed by atoms with E-state index in [0.29, 0.717) is 26.1 Å². The van der Waals surface area contributed by atoms with Gasteiger partial charge in [-0.1, -0.05) is 12.8 Å². The first-order valence-corrected chi connectivity index (χ1v) is 7.49. The molecule has 1 heterocycles. The molecule has 1 saturated heterocycles. The third-order valence-electron chi connectivity index (χ3n) is 4.47. The van der Waals surface area contributed by atoms with Crippen molar-refractivity contribution < 1.29 is 14.7 Å². The van der Waals surface area contributed by atoms with Crippen molar-refractivity contribution in [3.63, 3.8) is 0 Å². The van der Waals surface area contributed by atoms with Gasteiger partial charge in [0.15, 0.2) is 0 Å². The molecule has 0 radical (unpaired) electrons. The summed E-state index contributed by atoms with van der Waals surface area (Å²) < 4.78 is 0. The first-order chi connectivity index (χ1) is 9.48. The van der Waals surface area contributed by atoms with E-state index in [9.17, 15) is 9.59 Å². The number of hydrogen-bond donors (Lipinski definition) is 2. The first kappa shape index (κ1) is 15.3. The summed E-state index contributed by atoms with van der Waals surface area (Å²) in [6.07, 6.45) is 4.80. The second-order valence-corrected chi connectivity index (χ2v) is 6.11. The van der Waals surface area contributed by atoms with Gasteiger partial charge in [-0.05, 0) is 12.8 Å². The second-order valence-electron chi connectivity index (χ2n) is 6.11. The standard InChI is InChI=1S/C14H25N3O3/c15-14(4-1-2-5-14)11-12(18)17-9-7-16(8-10-17)6-3-13(19)20/h1-11,15H2,(H,19,20). The predicted octanol–water partition coefficient (Wildman–Crippen LogP) is 0.267. The van der Waals surface area contributed by atoms with Crippen LogP contribution in [0.4, 0.5) is 0 Å².